The summed E-state index contributed by atoms with van der Waals surface area (Å²) in [5.74, 6) is 0.0117. The van der Waals surface area contributed by atoms with Crippen molar-refractivity contribution in [3.05, 3.63) is 24.5 Å². The summed E-state index contributed by atoms with van der Waals surface area (Å²) in [5.41, 5.74) is 0.640. The van der Waals surface area contributed by atoms with Gasteiger partial charge in [-0.25, -0.2) is 4.79 Å². The zero-order valence-electron chi connectivity index (χ0n) is 10.5. The van der Waals surface area contributed by atoms with Gasteiger partial charge in [0.2, 0.25) is 0 Å². The number of hydrogen-bond donors (Lipinski definition) is 4. The Labute approximate surface area is 107 Å². The molecule has 1 heterocycles. The van der Waals surface area contributed by atoms with E-state index in [2.05, 4.69) is 27.9 Å². The van der Waals surface area contributed by atoms with Crippen molar-refractivity contribution >= 4 is 17.7 Å². The molecule has 0 saturated carbocycles. The lowest BCUT2D eigenvalue weighted by Gasteiger charge is -2.10. The molecule has 1 aromatic rings. The van der Waals surface area contributed by atoms with Crippen LogP contribution < -0.4 is 16.0 Å². The van der Waals surface area contributed by atoms with Gasteiger partial charge in [0.15, 0.2) is 5.96 Å². The molecule has 0 aliphatic rings. The van der Waals surface area contributed by atoms with E-state index in [9.17, 15) is 4.79 Å². The highest BCUT2D eigenvalue weighted by Gasteiger charge is 2.03. The van der Waals surface area contributed by atoms with Crippen LogP contribution in [0.4, 0.5) is 10.5 Å². The largest absolute Gasteiger partial charge is 0.356 e. The highest BCUT2D eigenvalue weighted by molar-refractivity contribution is 6.01. The summed E-state index contributed by atoms with van der Waals surface area (Å²) >= 11 is 0. The van der Waals surface area contributed by atoms with Gasteiger partial charge in [-0.3, -0.25) is 15.7 Å². The average molecular weight is 249 g/mol. The third-order valence-electron chi connectivity index (χ3n) is 2.26. The molecule has 1 aromatic heterocycles. The van der Waals surface area contributed by atoms with E-state index in [0.29, 0.717) is 12.2 Å². The van der Waals surface area contributed by atoms with Gasteiger partial charge in [-0.15, -0.1) is 0 Å². The minimum atomic E-state index is -0.436. The van der Waals surface area contributed by atoms with E-state index < -0.39 is 6.03 Å². The third kappa shape index (κ3) is 5.83. The molecule has 6 heteroatoms. The second-order valence-electron chi connectivity index (χ2n) is 3.82. The van der Waals surface area contributed by atoms with Crippen LogP contribution in [0.1, 0.15) is 26.2 Å². The molecule has 0 aliphatic carbocycles. The van der Waals surface area contributed by atoms with Gasteiger partial charge < -0.3 is 10.6 Å². The Morgan fingerprint density at radius 3 is 2.72 bits per heavy atom. The number of carbonyl (C=O) groups is 1. The van der Waals surface area contributed by atoms with Crippen molar-refractivity contribution in [1.29, 1.82) is 5.41 Å². The Balaban J connectivity index is 2.21. The topological polar surface area (TPSA) is 89.9 Å². The van der Waals surface area contributed by atoms with Crippen LogP contribution in [-0.2, 0) is 0 Å². The van der Waals surface area contributed by atoms with Crippen LogP contribution in [-0.4, -0.2) is 23.5 Å². The van der Waals surface area contributed by atoms with Gasteiger partial charge >= 0.3 is 6.03 Å². The monoisotopic (exact) mass is 249 g/mol. The summed E-state index contributed by atoms with van der Waals surface area (Å²) in [6.07, 6.45) is 6.41. The molecule has 0 bridgehead atoms. The first-order chi connectivity index (χ1) is 8.72. The summed E-state index contributed by atoms with van der Waals surface area (Å²) < 4.78 is 0. The zero-order valence-corrected chi connectivity index (χ0v) is 10.5. The average Bonchev–Trinajstić information content (AvgIpc) is 2.35. The van der Waals surface area contributed by atoms with E-state index in [-0.39, 0.29) is 5.96 Å². The lowest BCUT2D eigenvalue weighted by molar-refractivity contribution is 0.256. The van der Waals surface area contributed by atoms with Crippen LogP contribution in [0.2, 0.25) is 0 Å². The van der Waals surface area contributed by atoms with Crippen molar-refractivity contribution in [2.45, 2.75) is 26.2 Å². The van der Waals surface area contributed by atoms with Gasteiger partial charge in [0.25, 0.3) is 0 Å². The lowest BCUT2D eigenvalue weighted by Crippen LogP contribution is -2.42. The Hall–Kier alpha value is -2.11. The van der Waals surface area contributed by atoms with Crippen LogP contribution in [0.5, 0.6) is 0 Å². The van der Waals surface area contributed by atoms with Gasteiger partial charge in [-0.1, -0.05) is 19.8 Å². The van der Waals surface area contributed by atoms with Crippen LogP contribution in [0.3, 0.4) is 0 Å². The molecule has 0 saturated heterocycles. The first-order valence-electron chi connectivity index (χ1n) is 6.03. The van der Waals surface area contributed by atoms with Crippen molar-refractivity contribution in [2.75, 3.05) is 11.9 Å². The molecule has 0 atom stereocenters. The third-order valence-corrected chi connectivity index (χ3v) is 2.26. The number of urea groups is 1. The molecule has 18 heavy (non-hydrogen) atoms. The van der Waals surface area contributed by atoms with E-state index in [1.54, 1.807) is 24.5 Å². The standard InChI is InChI=1S/C12H19N5O/c1-2-3-4-7-15-11(13)17-12(18)16-10-5-8-14-9-6-10/h5-6,8-9H,2-4,7H2,1H3,(H4,13,14,15,16,17,18). The highest BCUT2D eigenvalue weighted by Crippen LogP contribution is 2.01. The summed E-state index contributed by atoms with van der Waals surface area (Å²) in [4.78, 5) is 15.3. The summed E-state index contributed by atoms with van der Waals surface area (Å²) in [6.45, 7) is 2.81. The fraction of sp³-hybridized carbons (Fsp3) is 0.417. The second-order valence-corrected chi connectivity index (χ2v) is 3.82. The molecule has 0 unspecified atom stereocenters. The molecule has 2 amide bonds. The predicted octanol–water partition coefficient (Wildman–Crippen LogP) is 1.92. The fourth-order valence-electron chi connectivity index (χ4n) is 1.34. The number of unbranched alkanes of at least 4 members (excludes halogenated alkanes) is 2. The number of pyridine rings is 1. The lowest BCUT2D eigenvalue weighted by atomic mass is 10.2. The Morgan fingerprint density at radius 2 is 2.06 bits per heavy atom. The molecule has 0 fully saturated rings. The van der Waals surface area contributed by atoms with E-state index in [1.807, 2.05) is 0 Å². The number of nitrogens with zero attached hydrogens (tertiary/aromatic N) is 1. The van der Waals surface area contributed by atoms with Crippen LogP contribution >= 0.6 is 0 Å². The number of anilines is 1. The first-order valence-corrected chi connectivity index (χ1v) is 6.03. The number of hydrogen-bond acceptors (Lipinski definition) is 3. The van der Waals surface area contributed by atoms with Crippen LogP contribution in [0.25, 0.3) is 0 Å². The Bertz CT molecular complexity index is 379. The van der Waals surface area contributed by atoms with E-state index in [1.165, 1.54) is 0 Å². The van der Waals surface area contributed by atoms with Gasteiger partial charge in [-0.2, -0.15) is 0 Å². The van der Waals surface area contributed by atoms with E-state index >= 15 is 0 Å². The minimum absolute atomic E-state index is 0.0117. The first kappa shape index (κ1) is 14.0. The van der Waals surface area contributed by atoms with Gasteiger partial charge in [0, 0.05) is 24.6 Å². The predicted molar refractivity (Wildman–Crippen MR) is 71.6 cm³/mol. The minimum Gasteiger partial charge on any atom is -0.356 e. The Morgan fingerprint density at radius 1 is 1.33 bits per heavy atom. The van der Waals surface area contributed by atoms with Crippen molar-refractivity contribution < 1.29 is 4.79 Å². The molecule has 0 radical (unpaired) electrons. The quantitative estimate of drug-likeness (QED) is 0.365. The maximum Gasteiger partial charge on any atom is 0.325 e. The summed E-state index contributed by atoms with van der Waals surface area (Å²) in [5, 5.41) is 15.4. The summed E-state index contributed by atoms with van der Waals surface area (Å²) in [6, 6.07) is 2.92. The zero-order chi connectivity index (χ0) is 13.2. The highest BCUT2D eigenvalue weighted by atomic mass is 16.2. The molecule has 0 aliphatic heterocycles. The van der Waals surface area contributed by atoms with Gasteiger partial charge in [0.1, 0.15) is 0 Å². The SMILES string of the molecule is CCCCCNC(=N)NC(=O)Nc1ccncc1. The molecular weight excluding hydrogens is 230 g/mol. The normalized spacial score (nSPS) is 9.61. The number of rotatable bonds is 5. The van der Waals surface area contributed by atoms with Crippen LogP contribution in [0, 0.1) is 5.41 Å². The molecule has 4 N–H and O–H groups in total. The maximum atomic E-state index is 11.5. The molecular formula is C12H19N5O. The summed E-state index contributed by atoms with van der Waals surface area (Å²) in [7, 11) is 0. The Kier molecular flexibility index (Phi) is 6.24. The number of guanidine groups is 1. The number of nitrogens with one attached hydrogen (secondary N) is 4. The smallest absolute Gasteiger partial charge is 0.325 e. The van der Waals surface area contributed by atoms with Gasteiger partial charge in [-0.05, 0) is 18.6 Å². The molecule has 0 spiro atoms. The van der Waals surface area contributed by atoms with Crippen molar-refractivity contribution in [2.24, 2.45) is 0 Å². The van der Waals surface area contributed by atoms with Crippen LogP contribution in [0.15, 0.2) is 24.5 Å². The fourth-order valence-corrected chi connectivity index (χ4v) is 1.34. The van der Waals surface area contributed by atoms with Crippen molar-refractivity contribution in [1.82, 2.24) is 15.6 Å². The van der Waals surface area contributed by atoms with E-state index in [0.717, 1.165) is 19.3 Å². The number of aromatic nitrogens is 1. The van der Waals surface area contributed by atoms with Crippen molar-refractivity contribution in [3.8, 4) is 0 Å². The molecule has 0 aromatic carbocycles. The van der Waals surface area contributed by atoms with Gasteiger partial charge in [0.05, 0.1) is 0 Å². The molecule has 98 valence electrons. The molecule has 6 nitrogen and oxygen atoms in total. The maximum absolute atomic E-state index is 11.5. The second kappa shape index (κ2) is 8.05. The molecule has 1 rings (SSSR count). The van der Waals surface area contributed by atoms with Crippen molar-refractivity contribution in [3.63, 3.8) is 0 Å². The number of amides is 2. The number of carbonyl (C=O) groups excluding carboxylic acids is 1. The van der Waals surface area contributed by atoms with E-state index in [4.69, 9.17) is 5.41 Å².